The summed E-state index contributed by atoms with van der Waals surface area (Å²) in [5.74, 6) is -0.233. The molecule has 1 atom stereocenters. The minimum absolute atomic E-state index is 0.0432. The minimum Gasteiger partial charge on any atom is -0.377 e. The zero-order valence-corrected chi connectivity index (χ0v) is 11.1. The summed E-state index contributed by atoms with van der Waals surface area (Å²) in [6.45, 7) is 2.62. The number of rotatable bonds is 5. The third-order valence-corrected chi connectivity index (χ3v) is 3.23. The number of aryl methyl sites for hydroxylation is 1. The second kappa shape index (κ2) is 6.34. The molecular formula is C16H19FN2. The lowest BCUT2D eigenvalue weighted by molar-refractivity contribution is 0.628. The van der Waals surface area contributed by atoms with E-state index in [1.54, 1.807) is 12.1 Å². The summed E-state index contributed by atoms with van der Waals surface area (Å²) in [6, 6.07) is 14.7. The highest BCUT2D eigenvalue weighted by atomic mass is 19.1. The molecule has 0 aliphatic carbocycles. The SMILES string of the molecule is CCc1ccccc1C(CN)Nc1ccc(F)cc1. The maximum Gasteiger partial charge on any atom is 0.123 e. The van der Waals surface area contributed by atoms with Crippen LogP contribution in [0.25, 0.3) is 0 Å². The summed E-state index contributed by atoms with van der Waals surface area (Å²) in [6.07, 6.45) is 0.970. The van der Waals surface area contributed by atoms with Gasteiger partial charge in [0.1, 0.15) is 5.82 Å². The highest BCUT2D eigenvalue weighted by Gasteiger charge is 2.12. The second-order valence-electron chi connectivity index (χ2n) is 4.49. The largest absolute Gasteiger partial charge is 0.377 e. The maximum atomic E-state index is 12.9. The fourth-order valence-electron chi connectivity index (χ4n) is 2.21. The Hall–Kier alpha value is -1.87. The number of hydrogen-bond acceptors (Lipinski definition) is 2. The van der Waals surface area contributed by atoms with E-state index in [1.807, 2.05) is 12.1 Å². The van der Waals surface area contributed by atoms with E-state index in [1.165, 1.54) is 23.3 Å². The highest BCUT2D eigenvalue weighted by Crippen LogP contribution is 2.22. The first kappa shape index (κ1) is 13.6. The van der Waals surface area contributed by atoms with Gasteiger partial charge in [-0.3, -0.25) is 0 Å². The van der Waals surface area contributed by atoms with Crippen LogP contribution in [-0.2, 0) is 6.42 Å². The summed E-state index contributed by atoms with van der Waals surface area (Å²) >= 11 is 0. The van der Waals surface area contributed by atoms with Gasteiger partial charge in [0, 0.05) is 12.2 Å². The molecule has 3 heteroatoms. The number of nitrogens with two attached hydrogens (primary N) is 1. The zero-order chi connectivity index (χ0) is 13.7. The monoisotopic (exact) mass is 258 g/mol. The van der Waals surface area contributed by atoms with E-state index in [0.717, 1.165) is 12.1 Å². The molecule has 2 aromatic rings. The normalized spacial score (nSPS) is 12.2. The Balaban J connectivity index is 2.22. The van der Waals surface area contributed by atoms with E-state index in [-0.39, 0.29) is 11.9 Å². The van der Waals surface area contributed by atoms with Crippen LogP contribution < -0.4 is 11.1 Å². The summed E-state index contributed by atoms with van der Waals surface area (Å²) in [4.78, 5) is 0. The molecule has 0 heterocycles. The molecule has 0 aliphatic heterocycles. The fourth-order valence-corrected chi connectivity index (χ4v) is 2.21. The standard InChI is InChI=1S/C16H19FN2/c1-2-12-5-3-4-6-15(12)16(11-18)19-14-9-7-13(17)8-10-14/h3-10,16,19H,2,11,18H2,1H3. The fraction of sp³-hybridized carbons (Fsp3) is 0.250. The van der Waals surface area contributed by atoms with Gasteiger partial charge >= 0.3 is 0 Å². The molecule has 19 heavy (non-hydrogen) atoms. The Kier molecular flexibility index (Phi) is 4.53. The van der Waals surface area contributed by atoms with E-state index in [4.69, 9.17) is 5.73 Å². The van der Waals surface area contributed by atoms with E-state index < -0.39 is 0 Å². The average Bonchev–Trinajstić information content (AvgIpc) is 2.46. The zero-order valence-electron chi connectivity index (χ0n) is 11.1. The van der Waals surface area contributed by atoms with Crippen LogP contribution >= 0.6 is 0 Å². The molecule has 0 spiro atoms. The minimum atomic E-state index is -0.233. The van der Waals surface area contributed by atoms with Crippen molar-refractivity contribution in [3.05, 3.63) is 65.5 Å². The Morgan fingerprint density at radius 3 is 2.42 bits per heavy atom. The van der Waals surface area contributed by atoms with Crippen molar-refractivity contribution in [2.24, 2.45) is 5.73 Å². The Morgan fingerprint density at radius 1 is 1.11 bits per heavy atom. The number of anilines is 1. The molecule has 0 saturated heterocycles. The Bertz CT molecular complexity index is 523. The maximum absolute atomic E-state index is 12.9. The van der Waals surface area contributed by atoms with Crippen molar-refractivity contribution < 1.29 is 4.39 Å². The summed E-state index contributed by atoms with van der Waals surface area (Å²) in [5, 5.41) is 3.36. The van der Waals surface area contributed by atoms with Crippen LogP contribution in [0.1, 0.15) is 24.1 Å². The first-order valence-corrected chi connectivity index (χ1v) is 6.54. The van der Waals surface area contributed by atoms with Crippen molar-refractivity contribution in [3.63, 3.8) is 0 Å². The molecule has 0 saturated carbocycles. The summed E-state index contributed by atoms with van der Waals surface area (Å²) in [5.41, 5.74) is 9.24. The van der Waals surface area contributed by atoms with E-state index in [2.05, 4.69) is 24.4 Å². The quantitative estimate of drug-likeness (QED) is 0.861. The number of nitrogens with one attached hydrogen (secondary N) is 1. The smallest absolute Gasteiger partial charge is 0.123 e. The molecule has 0 amide bonds. The first-order chi connectivity index (χ1) is 9.24. The van der Waals surface area contributed by atoms with E-state index in [0.29, 0.717) is 6.54 Å². The molecular weight excluding hydrogens is 239 g/mol. The van der Waals surface area contributed by atoms with E-state index >= 15 is 0 Å². The van der Waals surface area contributed by atoms with Gasteiger partial charge in [0.25, 0.3) is 0 Å². The van der Waals surface area contributed by atoms with Gasteiger partial charge in [-0.15, -0.1) is 0 Å². The molecule has 0 aromatic heterocycles. The molecule has 2 rings (SSSR count). The Morgan fingerprint density at radius 2 is 1.79 bits per heavy atom. The molecule has 2 aromatic carbocycles. The van der Waals surface area contributed by atoms with Gasteiger partial charge in [-0.1, -0.05) is 31.2 Å². The molecule has 1 unspecified atom stereocenters. The lowest BCUT2D eigenvalue weighted by atomic mass is 9.98. The van der Waals surface area contributed by atoms with Crippen molar-refractivity contribution in [1.82, 2.24) is 0 Å². The van der Waals surface area contributed by atoms with Gasteiger partial charge in [0.05, 0.1) is 6.04 Å². The molecule has 3 N–H and O–H groups in total. The van der Waals surface area contributed by atoms with Gasteiger partial charge in [-0.05, 0) is 41.8 Å². The number of halogens is 1. The van der Waals surface area contributed by atoms with E-state index in [9.17, 15) is 4.39 Å². The third-order valence-electron chi connectivity index (χ3n) is 3.23. The molecule has 0 aliphatic rings. The molecule has 100 valence electrons. The lowest BCUT2D eigenvalue weighted by Crippen LogP contribution is -2.21. The van der Waals surface area contributed by atoms with Crippen molar-refractivity contribution >= 4 is 5.69 Å². The molecule has 0 bridgehead atoms. The summed E-state index contributed by atoms with van der Waals surface area (Å²) in [7, 11) is 0. The third kappa shape index (κ3) is 3.32. The first-order valence-electron chi connectivity index (χ1n) is 6.54. The van der Waals surface area contributed by atoms with Crippen molar-refractivity contribution in [2.45, 2.75) is 19.4 Å². The molecule has 0 radical (unpaired) electrons. The second-order valence-corrected chi connectivity index (χ2v) is 4.49. The van der Waals surface area contributed by atoms with Crippen LogP contribution in [0.2, 0.25) is 0 Å². The lowest BCUT2D eigenvalue weighted by Gasteiger charge is -2.21. The van der Waals surface area contributed by atoms with Crippen LogP contribution in [-0.4, -0.2) is 6.54 Å². The van der Waals surface area contributed by atoms with Gasteiger partial charge in [0.15, 0.2) is 0 Å². The van der Waals surface area contributed by atoms with Gasteiger partial charge in [-0.25, -0.2) is 4.39 Å². The van der Waals surface area contributed by atoms with Gasteiger partial charge in [-0.2, -0.15) is 0 Å². The number of benzene rings is 2. The Labute approximate surface area is 113 Å². The predicted molar refractivity (Wildman–Crippen MR) is 77.6 cm³/mol. The van der Waals surface area contributed by atoms with Crippen LogP contribution in [0.4, 0.5) is 10.1 Å². The van der Waals surface area contributed by atoms with Crippen LogP contribution in [0, 0.1) is 5.82 Å². The predicted octanol–water partition coefficient (Wildman–Crippen LogP) is 3.50. The molecule has 0 fully saturated rings. The topological polar surface area (TPSA) is 38.0 Å². The van der Waals surface area contributed by atoms with Crippen LogP contribution in [0.5, 0.6) is 0 Å². The summed E-state index contributed by atoms with van der Waals surface area (Å²) < 4.78 is 12.9. The van der Waals surface area contributed by atoms with Crippen molar-refractivity contribution in [2.75, 3.05) is 11.9 Å². The van der Waals surface area contributed by atoms with Crippen molar-refractivity contribution in [3.8, 4) is 0 Å². The average molecular weight is 258 g/mol. The number of hydrogen-bond donors (Lipinski definition) is 2. The van der Waals surface area contributed by atoms with Crippen molar-refractivity contribution in [1.29, 1.82) is 0 Å². The van der Waals surface area contributed by atoms with Crippen LogP contribution in [0.15, 0.2) is 48.5 Å². The van der Waals surface area contributed by atoms with Gasteiger partial charge < -0.3 is 11.1 Å². The van der Waals surface area contributed by atoms with Crippen LogP contribution in [0.3, 0.4) is 0 Å². The highest BCUT2D eigenvalue weighted by molar-refractivity contribution is 5.46. The van der Waals surface area contributed by atoms with Gasteiger partial charge in [0.2, 0.25) is 0 Å². The molecule has 2 nitrogen and oxygen atoms in total.